The summed E-state index contributed by atoms with van der Waals surface area (Å²) in [4.78, 5) is 36.3. The minimum atomic E-state index is -0.779. The van der Waals surface area contributed by atoms with E-state index in [-0.39, 0.29) is 5.91 Å². The maximum Gasteiger partial charge on any atom is 0.408 e. The third kappa shape index (κ3) is 7.95. The third-order valence-electron chi connectivity index (χ3n) is 4.21. The van der Waals surface area contributed by atoms with Crippen LogP contribution in [-0.2, 0) is 22.4 Å². The van der Waals surface area contributed by atoms with Gasteiger partial charge in [0, 0.05) is 18.5 Å². The van der Waals surface area contributed by atoms with E-state index < -0.39 is 23.6 Å². The molecule has 0 spiro atoms. The summed E-state index contributed by atoms with van der Waals surface area (Å²) >= 11 is 0. The lowest BCUT2D eigenvalue weighted by Gasteiger charge is -2.23. The lowest BCUT2D eigenvalue weighted by molar-refractivity contribution is -0.123. The van der Waals surface area contributed by atoms with E-state index in [1.165, 1.54) is 0 Å². The summed E-state index contributed by atoms with van der Waals surface area (Å²) in [5.74, 6) is -0.805. The molecule has 0 saturated carbocycles. The Kier molecular flexibility index (Phi) is 7.98. The van der Waals surface area contributed by atoms with Crippen LogP contribution < -0.4 is 16.4 Å². The number of nitrogens with one attached hydrogen (secondary N) is 2. The molecular weight excluding hydrogens is 382 g/mol. The van der Waals surface area contributed by atoms with Crippen LogP contribution in [0.3, 0.4) is 0 Å². The van der Waals surface area contributed by atoms with E-state index in [0.717, 1.165) is 11.1 Å². The first kappa shape index (κ1) is 22.9. The van der Waals surface area contributed by atoms with E-state index in [2.05, 4.69) is 10.6 Å². The smallest absolute Gasteiger partial charge is 0.408 e. The predicted molar refractivity (Wildman–Crippen MR) is 115 cm³/mol. The highest BCUT2D eigenvalue weighted by Crippen LogP contribution is 2.09. The third-order valence-corrected chi connectivity index (χ3v) is 4.21. The molecule has 0 heterocycles. The zero-order valence-electron chi connectivity index (χ0n) is 17.6. The van der Waals surface area contributed by atoms with Crippen molar-refractivity contribution < 1.29 is 19.1 Å². The van der Waals surface area contributed by atoms with Gasteiger partial charge in [0.05, 0.1) is 0 Å². The summed E-state index contributed by atoms with van der Waals surface area (Å²) in [5.41, 5.74) is 6.86. The number of carbonyl (C=O) groups is 3. The van der Waals surface area contributed by atoms with Gasteiger partial charge in [-0.15, -0.1) is 0 Å². The largest absolute Gasteiger partial charge is 0.444 e. The molecule has 2 aromatic carbocycles. The molecule has 1 unspecified atom stereocenters. The van der Waals surface area contributed by atoms with Gasteiger partial charge in [-0.25, -0.2) is 4.79 Å². The van der Waals surface area contributed by atoms with Gasteiger partial charge in [-0.1, -0.05) is 42.5 Å². The fourth-order valence-electron chi connectivity index (χ4n) is 2.84. The molecule has 4 N–H and O–H groups in total. The first-order chi connectivity index (χ1) is 14.1. The van der Waals surface area contributed by atoms with Crippen molar-refractivity contribution in [3.05, 3.63) is 71.3 Å². The maximum atomic E-state index is 12.8. The molecule has 0 bridgehead atoms. The zero-order valence-corrected chi connectivity index (χ0v) is 17.6. The van der Waals surface area contributed by atoms with E-state index in [0.29, 0.717) is 24.9 Å². The summed E-state index contributed by atoms with van der Waals surface area (Å²) in [5, 5.41) is 5.50. The number of carbonyl (C=O) groups excluding carboxylic acids is 3. The average Bonchev–Trinajstić information content (AvgIpc) is 2.67. The topological polar surface area (TPSA) is 111 Å². The van der Waals surface area contributed by atoms with Gasteiger partial charge in [-0.05, 0) is 50.5 Å². The van der Waals surface area contributed by atoms with Gasteiger partial charge in [0.15, 0.2) is 0 Å². The Hall–Kier alpha value is -3.35. The normalized spacial score (nSPS) is 12.0. The summed E-state index contributed by atoms with van der Waals surface area (Å²) in [6.45, 7) is 5.64. The summed E-state index contributed by atoms with van der Waals surface area (Å²) in [6.07, 6.45) is 0.216. The highest BCUT2D eigenvalue weighted by molar-refractivity contribution is 5.92. The Labute approximate surface area is 177 Å². The first-order valence-corrected chi connectivity index (χ1v) is 9.84. The Bertz CT molecular complexity index is 876. The highest BCUT2D eigenvalue weighted by Gasteiger charge is 2.24. The quantitative estimate of drug-likeness (QED) is 0.620. The fraction of sp³-hybridized carbons (Fsp3) is 0.348. The number of alkyl carbamates (subject to hydrolysis) is 1. The maximum absolute atomic E-state index is 12.8. The van der Waals surface area contributed by atoms with Gasteiger partial charge in [0.25, 0.3) is 0 Å². The second-order valence-corrected chi connectivity index (χ2v) is 7.99. The molecule has 0 saturated heterocycles. The first-order valence-electron chi connectivity index (χ1n) is 9.84. The van der Waals surface area contributed by atoms with Gasteiger partial charge in [-0.3, -0.25) is 9.59 Å². The standard InChI is InChI=1S/C23H29N3O4/c1-23(2,3)30-22(29)26-19(15-16-8-5-4-6-9-16)21(28)25-13-12-17-10-7-11-18(14-17)20(24)27/h4-11,14,19H,12-13,15H2,1-3H3,(H2,24,27)(H,25,28)(H,26,29). The van der Waals surface area contributed by atoms with Crippen molar-refractivity contribution in [2.45, 2.75) is 45.3 Å². The molecular formula is C23H29N3O4. The van der Waals surface area contributed by atoms with Crippen LogP contribution in [0.15, 0.2) is 54.6 Å². The summed E-state index contributed by atoms with van der Waals surface area (Å²) < 4.78 is 5.29. The zero-order chi connectivity index (χ0) is 22.1. The van der Waals surface area contributed by atoms with Crippen LogP contribution >= 0.6 is 0 Å². The van der Waals surface area contributed by atoms with Gasteiger partial charge in [-0.2, -0.15) is 0 Å². The van der Waals surface area contributed by atoms with Crippen molar-refractivity contribution in [2.75, 3.05) is 6.54 Å². The molecule has 0 aromatic heterocycles. The molecule has 2 aromatic rings. The van der Waals surface area contributed by atoms with Crippen molar-refractivity contribution in [1.82, 2.24) is 10.6 Å². The summed E-state index contributed by atoms with van der Waals surface area (Å²) in [6, 6.07) is 15.6. The monoisotopic (exact) mass is 411 g/mol. The second-order valence-electron chi connectivity index (χ2n) is 7.99. The number of ether oxygens (including phenoxy) is 1. The molecule has 2 rings (SSSR count). The van der Waals surface area contributed by atoms with E-state index in [4.69, 9.17) is 10.5 Å². The van der Waals surface area contributed by atoms with Gasteiger partial charge < -0.3 is 21.1 Å². The lowest BCUT2D eigenvalue weighted by atomic mass is 10.0. The Morgan fingerprint density at radius 3 is 2.30 bits per heavy atom. The van der Waals surface area contributed by atoms with Crippen LogP contribution in [0.1, 0.15) is 42.3 Å². The minimum absolute atomic E-state index is 0.309. The molecule has 0 aliphatic carbocycles. The van der Waals surface area contributed by atoms with Crippen molar-refractivity contribution >= 4 is 17.9 Å². The van der Waals surface area contributed by atoms with Crippen LogP contribution in [0, 0.1) is 0 Å². The van der Waals surface area contributed by atoms with Gasteiger partial charge in [0.1, 0.15) is 11.6 Å². The highest BCUT2D eigenvalue weighted by atomic mass is 16.6. The van der Waals surface area contributed by atoms with Gasteiger partial charge in [0.2, 0.25) is 11.8 Å². The molecule has 30 heavy (non-hydrogen) atoms. The minimum Gasteiger partial charge on any atom is -0.444 e. The fourth-order valence-corrected chi connectivity index (χ4v) is 2.84. The molecule has 7 nitrogen and oxygen atoms in total. The number of amides is 3. The van der Waals surface area contributed by atoms with Crippen molar-refractivity contribution in [3.63, 3.8) is 0 Å². The van der Waals surface area contributed by atoms with E-state index in [1.807, 2.05) is 36.4 Å². The average molecular weight is 412 g/mol. The van der Waals surface area contributed by atoms with Crippen molar-refractivity contribution in [1.29, 1.82) is 0 Å². The SMILES string of the molecule is CC(C)(C)OC(=O)NC(Cc1ccccc1)C(=O)NCCc1cccc(C(N)=O)c1. The number of hydrogen-bond donors (Lipinski definition) is 3. The predicted octanol–water partition coefficient (Wildman–Crippen LogP) is 2.58. The van der Waals surface area contributed by atoms with Crippen LogP contribution in [0.2, 0.25) is 0 Å². The van der Waals surface area contributed by atoms with Crippen molar-refractivity contribution in [3.8, 4) is 0 Å². The molecule has 0 aliphatic rings. The van der Waals surface area contributed by atoms with E-state index in [9.17, 15) is 14.4 Å². The Morgan fingerprint density at radius 1 is 1.00 bits per heavy atom. The number of primary amides is 1. The Balaban J connectivity index is 1.99. The molecule has 0 aliphatic heterocycles. The van der Waals surface area contributed by atoms with Crippen LogP contribution in [0.4, 0.5) is 4.79 Å². The van der Waals surface area contributed by atoms with E-state index in [1.54, 1.807) is 39.0 Å². The second kappa shape index (κ2) is 10.4. The molecule has 0 radical (unpaired) electrons. The van der Waals surface area contributed by atoms with Crippen LogP contribution in [0.5, 0.6) is 0 Å². The summed E-state index contributed by atoms with van der Waals surface area (Å²) in [7, 11) is 0. The molecule has 160 valence electrons. The number of hydrogen-bond acceptors (Lipinski definition) is 4. The molecule has 7 heteroatoms. The lowest BCUT2D eigenvalue weighted by Crippen LogP contribution is -2.49. The van der Waals surface area contributed by atoms with E-state index >= 15 is 0 Å². The number of nitrogens with two attached hydrogens (primary N) is 1. The van der Waals surface area contributed by atoms with Crippen LogP contribution in [0.25, 0.3) is 0 Å². The Morgan fingerprint density at radius 2 is 1.67 bits per heavy atom. The van der Waals surface area contributed by atoms with Crippen LogP contribution in [-0.4, -0.2) is 36.1 Å². The number of rotatable bonds is 8. The van der Waals surface area contributed by atoms with Gasteiger partial charge >= 0.3 is 6.09 Å². The molecule has 3 amide bonds. The molecule has 0 fully saturated rings. The molecule has 1 atom stereocenters. The van der Waals surface area contributed by atoms with Crippen molar-refractivity contribution in [2.24, 2.45) is 5.73 Å². The number of benzene rings is 2.